The highest BCUT2D eigenvalue weighted by atomic mass is 32.2. The number of hydrogen-bond donors (Lipinski definition) is 0. The molecule has 1 heterocycles. The summed E-state index contributed by atoms with van der Waals surface area (Å²) in [5.41, 5.74) is -0.168. The number of sulfonamides is 2. The van der Waals surface area contributed by atoms with Crippen molar-refractivity contribution in [1.29, 1.82) is 0 Å². The third-order valence-corrected chi connectivity index (χ3v) is 7.99. The van der Waals surface area contributed by atoms with Crippen molar-refractivity contribution in [3.63, 3.8) is 0 Å². The van der Waals surface area contributed by atoms with Crippen LogP contribution >= 0.6 is 0 Å². The van der Waals surface area contributed by atoms with Crippen LogP contribution in [0, 0.1) is 10.1 Å². The minimum absolute atomic E-state index is 0.104. The fourth-order valence-electron chi connectivity index (χ4n) is 2.70. The van der Waals surface area contributed by atoms with E-state index in [1.54, 1.807) is 11.9 Å². The van der Waals surface area contributed by atoms with Gasteiger partial charge in [0.25, 0.3) is 15.7 Å². The monoisotopic (exact) mass is 422 g/mol. The van der Waals surface area contributed by atoms with E-state index in [-0.39, 0.29) is 35.1 Å². The van der Waals surface area contributed by atoms with Crippen molar-refractivity contribution in [2.45, 2.75) is 11.3 Å². The average Bonchev–Trinajstić information content (AvgIpc) is 2.96. The minimum Gasteiger partial charge on any atom is -0.372 e. The molecule has 1 saturated heterocycles. The van der Waals surface area contributed by atoms with Crippen LogP contribution in [0.2, 0.25) is 0 Å². The summed E-state index contributed by atoms with van der Waals surface area (Å²) >= 11 is 0. The van der Waals surface area contributed by atoms with E-state index in [0.29, 0.717) is 17.4 Å². The Morgan fingerprint density at radius 3 is 2.52 bits per heavy atom. The van der Waals surface area contributed by atoms with Crippen molar-refractivity contribution < 1.29 is 26.6 Å². The predicted molar refractivity (Wildman–Crippen MR) is 98.3 cm³/mol. The van der Waals surface area contributed by atoms with Crippen LogP contribution < -0.4 is 4.90 Å². The van der Waals surface area contributed by atoms with E-state index in [2.05, 4.69) is 0 Å². The van der Waals surface area contributed by atoms with Gasteiger partial charge in [0.15, 0.2) is 0 Å². The van der Waals surface area contributed by atoms with Crippen molar-refractivity contribution in [3.8, 4) is 0 Å². The molecule has 1 aromatic rings. The number of hydroxylamine groups is 1. The first-order valence-corrected chi connectivity index (χ1v) is 11.1. The number of non-ortho nitro benzene ring substituents is 1. The number of benzene rings is 1. The van der Waals surface area contributed by atoms with Crippen LogP contribution in [0.4, 0.5) is 11.4 Å². The zero-order valence-corrected chi connectivity index (χ0v) is 16.9. The molecule has 0 aliphatic carbocycles. The Labute approximate surface area is 158 Å². The quantitative estimate of drug-likeness (QED) is 0.430. The van der Waals surface area contributed by atoms with Gasteiger partial charge in [-0.05, 0) is 12.5 Å². The summed E-state index contributed by atoms with van der Waals surface area (Å²) in [5.74, 6) is 0.104. The standard InChI is InChI=1S/C14H22N4O7S2/c1-15(8-9-17-7-4-10-26(17,21)22)13-6-5-12(18(19)20)11-14(13)27(23,24)16(2)25-3/h5-6,11H,4,7-10H2,1-3H3. The number of nitro benzene ring substituents is 1. The van der Waals surface area contributed by atoms with Gasteiger partial charge in [-0.15, -0.1) is 0 Å². The number of rotatable bonds is 8. The number of nitrogens with zero attached hydrogens (tertiary/aromatic N) is 4. The van der Waals surface area contributed by atoms with E-state index in [1.807, 2.05) is 0 Å². The van der Waals surface area contributed by atoms with Crippen LogP contribution in [-0.4, -0.2) is 77.1 Å². The molecule has 0 saturated carbocycles. The molecule has 0 amide bonds. The molecule has 27 heavy (non-hydrogen) atoms. The van der Waals surface area contributed by atoms with Crippen LogP contribution in [0.25, 0.3) is 0 Å². The van der Waals surface area contributed by atoms with Gasteiger partial charge in [-0.2, -0.15) is 0 Å². The molecule has 2 rings (SSSR count). The molecule has 0 atom stereocenters. The van der Waals surface area contributed by atoms with E-state index < -0.39 is 25.0 Å². The first kappa shape index (κ1) is 21.5. The van der Waals surface area contributed by atoms with Gasteiger partial charge in [0.2, 0.25) is 10.0 Å². The van der Waals surface area contributed by atoms with E-state index in [0.717, 1.165) is 13.2 Å². The highest BCUT2D eigenvalue weighted by molar-refractivity contribution is 7.89. The smallest absolute Gasteiger partial charge is 0.270 e. The molecule has 1 aliphatic heterocycles. The first-order chi connectivity index (χ1) is 12.5. The van der Waals surface area contributed by atoms with Gasteiger partial charge in [0.1, 0.15) is 4.90 Å². The van der Waals surface area contributed by atoms with Crippen molar-refractivity contribution in [3.05, 3.63) is 28.3 Å². The molecule has 11 nitrogen and oxygen atoms in total. The predicted octanol–water partition coefficient (Wildman–Crippen LogP) is 0.248. The lowest BCUT2D eigenvalue weighted by Crippen LogP contribution is -2.35. The molecule has 1 aromatic carbocycles. The van der Waals surface area contributed by atoms with Gasteiger partial charge < -0.3 is 4.90 Å². The molecule has 0 radical (unpaired) electrons. The maximum atomic E-state index is 12.7. The molecule has 152 valence electrons. The summed E-state index contributed by atoms with van der Waals surface area (Å²) in [6.07, 6.45) is 0.557. The lowest BCUT2D eigenvalue weighted by Gasteiger charge is -2.25. The molecule has 0 spiro atoms. The summed E-state index contributed by atoms with van der Waals surface area (Å²) in [6.45, 7) is 0.833. The van der Waals surface area contributed by atoms with Gasteiger partial charge in [-0.25, -0.2) is 21.1 Å². The topological polar surface area (TPSA) is 130 Å². The van der Waals surface area contributed by atoms with Crippen molar-refractivity contribution in [2.75, 3.05) is 51.5 Å². The Balaban J connectivity index is 2.36. The van der Waals surface area contributed by atoms with E-state index >= 15 is 0 Å². The molecule has 1 fully saturated rings. The Morgan fingerprint density at radius 2 is 2.00 bits per heavy atom. The summed E-state index contributed by atoms with van der Waals surface area (Å²) < 4.78 is 51.1. The van der Waals surface area contributed by atoms with Crippen LogP contribution in [0.1, 0.15) is 6.42 Å². The van der Waals surface area contributed by atoms with Gasteiger partial charge in [-0.1, -0.05) is 4.47 Å². The van der Waals surface area contributed by atoms with Gasteiger partial charge >= 0.3 is 0 Å². The van der Waals surface area contributed by atoms with Crippen molar-refractivity contribution in [2.24, 2.45) is 0 Å². The molecule has 0 N–H and O–H groups in total. The fraction of sp³-hybridized carbons (Fsp3) is 0.571. The fourth-order valence-corrected chi connectivity index (χ4v) is 5.45. The summed E-state index contributed by atoms with van der Waals surface area (Å²) in [6, 6.07) is 3.49. The molecule has 13 heteroatoms. The highest BCUT2D eigenvalue weighted by Crippen LogP contribution is 2.31. The van der Waals surface area contributed by atoms with Crippen LogP contribution in [0.5, 0.6) is 0 Å². The van der Waals surface area contributed by atoms with E-state index in [9.17, 15) is 26.9 Å². The first-order valence-electron chi connectivity index (χ1n) is 8.01. The SMILES string of the molecule is CON(C)S(=O)(=O)c1cc([N+](=O)[O-])ccc1N(C)CCN1CCCS1(=O)=O. The third-order valence-electron chi connectivity index (χ3n) is 4.33. The molecule has 0 bridgehead atoms. The van der Waals surface area contributed by atoms with Crippen molar-refractivity contribution >= 4 is 31.4 Å². The Morgan fingerprint density at radius 1 is 1.33 bits per heavy atom. The molecule has 0 unspecified atom stereocenters. The third kappa shape index (κ3) is 4.55. The molecular weight excluding hydrogens is 400 g/mol. The number of hydrogen-bond acceptors (Lipinski definition) is 8. The van der Waals surface area contributed by atoms with Crippen LogP contribution in [0.3, 0.4) is 0 Å². The average molecular weight is 422 g/mol. The van der Waals surface area contributed by atoms with Gasteiger partial charge in [-0.3, -0.25) is 15.0 Å². The zero-order chi connectivity index (χ0) is 20.4. The maximum Gasteiger partial charge on any atom is 0.270 e. The molecule has 1 aliphatic rings. The summed E-state index contributed by atoms with van der Waals surface area (Å²) in [4.78, 5) is 16.4. The Hall–Kier alpha value is -1.80. The lowest BCUT2D eigenvalue weighted by atomic mass is 10.2. The van der Waals surface area contributed by atoms with Gasteiger partial charge in [0, 0.05) is 45.9 Å². The van der Waals surface area contributed by atoms with E-state index in [1.165, 1.54) is 23.5 Å². The Kier molecular flexibility index (Phi) is 6.42. The second-order valence-electron chi connectivity index (χ2n) is 6.00. The number of likely N-dealkylation sites (N-methyl/N-ethyl adjacent to an activating group) is 1. The van der Waals surface area contributed by atoms with Crippen molar-refractivity contribution in [1.82, 2.24) is 8.77 Å². The molecule has 0 aromatic heterocycles. The zero-order valence-electron chi connectivity index (χ0n) is 15.2. The number of anilines is 1. The van der Waals surface area contributed by atoms with Crippen LogP contribution in [0.15, 0.2) is 23.1 Å². The Bertz CT molecular complexity index is 917. The van der Waals surface area contributed by atoms with Crippen LogP contribution in [-0.2, 0) is 24.9 Å². The number of nitro groups is 1. The molecular formula is C14H22N4O7S2. The minimum atomic E-state index is -4.15. The second-order valence-corrected chi connectivity index (χ2v) is 9.99. The normalized spacial score (nSPS) is 17.3. The highest BCUT2D eigenvalue weighted by Gasteiger charge is 2.30. The maximum absolute atomic E-state index is 12.7. The van der Waals surface area contributed by atoms with Gasteiger partial charge in [0.05, 0.1) is 23.5 Å². The lowest BCUT2D eigenvalue weighted by molar-refractivity contribution is -0.385. The summed E-state index contributed by atoms with van der Waals surface area (Å²) in [7, 11) is -3.48. The van der Waals surface area contributed by atoms with E-state index in [4.69, 9.17) is 4.84 Å². The largest absolute Gasteiger partial charge is 0.372 e. The second kappa shape index (κ2) is 8.06. The summed E-state index contributed by atoms with van der Waals surface area (Å²) in [5, 5.41) is 11.1.